The second-order valence-electron chi connectivity index (χ2n) is 4.91. The molecule has 0 spiro atoms. The topological polar surface area (TPSA) is 93.7 Å². The quantitative estimate of drug-likeness (QED) is 0.659. The van der Waals surface area contributed by atoms with Crippen LogP contribution in [0.5, 0.6) is 11.5 Å². The second kappa shape index (κ2) is 9.45. The van der Waals surface area contributed by atoms with Crippen LogP contribution in [0.1, 0.15) is 30.1 Å². The summed E-state index contributed by atoms with van der Waals surface area (Å²) in [5.41, 5.74) is 0.407. The zero-order valence-corrected chi connectivity index (χ0v) is 13.6. The Morgan fingerprint density at radius 1 is 0.913 bits per heavy atom. The summed E-state index contributed by atoms with van der Waals surface area (Å²) >= 11 is 0. The Morgan fingerprint density at radius 2 is 1.48 bits per heavy atom. The molecule has 0 fully saturated rings. The van der Waals surface area contributed by atoms with Gasteiger partial charge in [0, 0.05) is 37.6 Å². The number of ether oxygens (including phenoxy) is 2. The van der Waals surface area contributed by atoms with Crippen LogP contribution in [0.15, 0.2) is 18.2 Å². The van der Waals surface area contributed by atoms with Crippen molar-refractivity contribution in [2.24, 2.45) is 0 Å². The minimum Gasteiger partial charge on any atom is -0.497 e. The number of hydrogen-bond acceptors (Lipinski definition) is 5. The van der Waals surface area contributed by atoms with Crippen LogP contribution in [-0.4, -0.2) is 44.9 Å². The van der Waals surface area contributed by atoms with Crippen molar-refractivity contribution in [2.75, 3.05) is 27.3 Å². The molecule has 0 atom stereocenters. The summed E-state index contributed by atoms with van der Waals surface area (Å²) in [6.07, 6.45) is 0.387. The van der Waals surface area contributed by atoms with Crippen LogP contribution in [0, 0.1) is 0 Å². The monoisotopic (exact) mass is 322 g/mol. The lowest BCUT2D eigenvalue weighted by Crippen LogP contribution is -2.34. The van der Waals surface area contributed by atoms with Gasteiger partial charge in [0.2, 0.25) is 5.91 Å². The molecule has 0 radical (unpaired) electrons. The van der Waals surface area contributed by atoms with E-state index in [0.29, 0.717) is 23.6 Å². The Balaban J connectivity index is 2.42. The van der Waals surface area contributed by atoms with E-state index < -0.39 is 0 Å². The molecule has 0 saturated heterocycles. The Bertz CT molecular complexity index is 549. The third-order valence-corrected chi connectivity index (χ3v) is 3.05. The molecule has 0 aliphatic rings. The van der Waals surface area contributed by atoms with Crippen molar-refractivity contribution in [3.8, 4) is 11.5 Å². The molecule has 126 valence electrons. The number of amides is 2. The number of carbonyl (C=O) groups is 3. The van der Waals surface area contributed by atoms with Crippen LogP contribution in [0.25, 0.3) is 0 Å². The van der Waals surface area contributed by atoms with Gasteiger partial charge in [0.1, 0.15) is 17.3 Å². The van der Waals surface area contributed by atoms with Gasteiger partial charge < -0.3 is 24.9 Å². The predicted molar refractivity (Wildman–Crippen MR) is 84.8 cm³/mol. The number of methoxy groups -OCH3 is 2. The largest absolute Gasteiger partial charge is 0.497 e. The number of rotatable bonds is 9. The van der Waals surface area contributed by atoms with Gasteiger partial charge in [-0.05, 0) is 19.1 Å². The van der Waals surface area contributed by atoms with Crippen molar-refractivity contribution in [1.29, 1.82) is 0 Å². The molecule has 0 aliphatic carbocycles. The van der Waals surface area contributed by atoms with Gasteiger partial charge in [0.15, 0.2) is 0 Å². The molecule has 0 aromatic heterocycles. The third-order valence-electron chi connectivity index (χ3n) is 3.05. The maximum atomic E-state index is 12.1. The molecular weight excluding hydrogens is 300 g/mol. The summed E-state index contributed by atoms with van der Waals surface area (Å²) in [4.78, 5) is 34.3. The molecule has 23 heavy (non-hydrogen) atoms. The fourth-order valence-electron chi connectivity index (χ4n) is 1.80. The van der Waals surface area contributed by atoms with Crippen molar-refractivity contribution in [2.45, 2.75) is 19.8 Å². The average molecular weight is 322 g/mol. The molecule has 0 unspecified atom stereocenters. The lowest BCUT2D eigenvalue weighted by molar-refractivity contribution is -0.124. The first-order valence-corrected chi connectivity index (χ1v) is 7.23. The van der Waals surface area contributed by atoms with Crippen molar-refractivity contribution < 1.29 is 23.9 Å². The molecule has 0 heterocycles. The van der Waals surface area contributed by atoms with Gasteiger partial charge in [0.05, 0.1) is 14.2 Å². The summed E-state index contributed by atoms with van der Waals surface area (Å²) in [6.45, 7) is 2.02. The van der Waals surface area contributed by atoms with Gasteiger partial charge >= 0.3 is 0 Å². The Morgan fingerprint density at radius 3 is 2.00 bits per heavy atom. The highest BCUT2D eigenvalue weighted by atomic mass is 16.5. The highest BCUT2D eigenvalue weighted by Crippen LogP contribution is 2.22. The van der Waals surface area contributed by atoms with Gasteiger partial charge in [-0.15, -0.1) is 0 Å². The predicted octanol–water partition coefficient (Wildman–Crippen LogP) is 0.919. The molecule has 1 aromatic rings. The third kappa shape index (κ3) is 6.82. The standard InChI is InChI=1S/C16H22N2O5/c1-11(19)4-5-15(20)17-6-7-18-16(21)12-8-13(22-2)10-14(9-12)23-3/h8-10H,4-7H2,1-3H3,(H,17,20)(H,18,21). The summed E-state index contributed by atoms with van der Waals surface area (Å²) in [5.74, 6) is 0.511. The van der Waals surface area contributed by atoms with E-state index in [1.165, 1.54) is 21.1 Å². The fraction of sp³-hybridized carbons (Fsp3) is 0.438. The molecule has 0 bridgehead atoms. The van der Waals surface area contributed by atoms with Crippen molar-refractivity contribution in [3.05, 3.63) is 23.8 Å². The number of Topliss-reactive ketones (excluding diaryl/α,β-unsaturated/α-hetero) is 1. The lowest BCUT2D eigenvalue weighted by Gasteiger charge is -2.10. The first-order chi connectivity index (χ1) is 11.0. The summed E-state index contributed by atoms with van der Waals surface area (Å²) in [7, 11) is 3.01. The van der Waals surface area contributed by atoms with Gasteiger partial charge in [-0.1, -0.05) is 0 Å². The zero-order valence-electron chi connectivity index (χ0n) is 13.6. The molecular formula is C16H22N2O5. The molecule has 2 N–H and O–H groups in total. The van der Waals surface area contributed by atoms with Crippen molar-refractivity contribution >= 4 is 17.6 Å². The zero-order chi connectivity index (χ0) is 17.2. The van der Waals surface area contributed by atoms with E-state index in [1.807, 2.05) is 0 Å². The van der Waals surface area contributed by atoms with Gasteiger partial charge in [-0.25, -0.2) is 0 Å². The van der Waals surface area contributed by atoms with Crippen LogP contribution in [-0.2, 0) is 9.59 Å². The number of nitrogens with one attached hydrogen (secondary N) is 2. The number of hydrogen-bond donors (Lipinski definition) is 2. The summed E-state index contributed by atoms with van der Waals surface area (Å²) < 4.78 is 10.2. The van der Waals surface area contributed by atoms with E-state index in [2.05, 4.69) is 10.6 Å². The molecule has 0 aliphatic heterocycles. The number of benzene rings is 1. The number of carbonyl (C=O) groups excluding carboxylic acids is 3. The summed E-state index contributed by atoms with van der Waals surface area (Å²) in [5, 5.41) is 5.32. The summed E-state index contributed by atoms with van der Waals surface area (Å²) in [6, 6.07) is 4.87. The van der Waals surface area contributed by atoms with E-state index in [-0.39, 0.29) is 37.0 Å². The van der Waals surface area contributed by atoms with Gasteiger partial charge in [-0.3, -0.25) is 9.59 Å². The fourth-order valence-corrected chi connectivity index (χ4v) is 1.80. The van der Waals surface area contributed by atoms with E-state index in [0.717, 1.165) is 0 Å². The first kappa shape index (κ1) is 18.5. The van der Waals surface area contributed by atoms with Crippen LogP contribution < -0.4 is 20.1 Å². The van der Waals surface area contributed by atoms with Crippen molar-refractivity contribution in [1.82, 2.24) is 10.6 Å². The highest BCUT2D eigenvalue weighted by Gasteiger charge is 2.09. The molecule has 7 heteroatoms. The second-order valence-corrected chi connectivity index (χ2v) is 4.91. The smallest absolute Gasteiger partial charge is 0.251 e. The number of ketones is 1. The molecule has 1 aromatic carbocycles. The van der Waals surface area contributed by atoms with Crippen LogP contribution in [0.3, 0.4) is 0 Å². The van der Waals surface area contributed by atoms with Gasteiger partial charge in [0.25, 0.3) is 5.91 Å². The van der Waals surface area contributed by atoms with Crippen LogP contribution in [0.4, 0.5) is 0 Å². The lowest BCUT2D eigenvalue weighted by atomic mass is 10.2. The van der Waals surface area contributed by atoms with Crippen LogP contribution in [0.2, 0.25) is 0 Å². The average Bonchev–Trinajstić information content (AvgIpc) is 2.55. The molecule has 1 rings (SSSR count). The SMILES string of the molecule is COc1cc(OC)cc(C(=O)NCCNC(=O)CCC(C)=O)c1. The van der Waals surface area contributed by atoms with Gasteiger partial charge in [-0.2, -0.15) is 0 Å². The highest BCUT2D eigenvalue weighted by molar-refractivity contribution is 5.95. The van der Waals surface area contributed by atoms with Crippen LogP contribution >= 0.6 is 0 Å². The molecule has 7 nitrogen and oxygen atoms in total. The molecule has 0 saturated carbocycles. The maximum Gasteiger partial charge on any atom is 0.251 e. The Hall–Kier alpha value is -2.57. The Labute approximate surface area is 135 Å². The first-order valence-electron chi connectivity index (χ1n) is 7.23. The molecule has 2 amide bonds. The normalized spacial score (nSPS) is 9.87. The maximum absolute atomic E-state index is 12.1. The van der Waals surface area contributed by atoms with E-state index >= 15 is 0 Å². The van der Waals surface area contributed by atoms with Crippen molar-refractivity contribution in [3.63, 3.8) is 0 Å². The minimum atomic E-state index is -0.291. The van der Waals surface area contributed by atoms with E-state index in [9.17, 15) is 14.4 Å². The van der Waals surface area contributed by atoms with E-state index in [1.54, 1.807) is 18.2 Å². The minimum absolute atomic E-state index is 0.0274. The Kier molecular flexibility index (Phi) is 7.59. The van der Waals surface area contributed by atoms with E-state index in [4.69, 9.17) is 9.47 Å².